The standard InChI is InChI=1S/C13H30N2O/c1-6-12(7-2)15(8-11(3)4)9-13(5,14)10-16/h11-12,16H,6-10,14H2,1-5H3. The van der Waals surface area contributed by atoms with Crippen LogP contribution in [0.4, 0.5) is 0 Å². The van der Waals surface area contributed by atoms with Crippen LogP contribution >= 0.6 is 0 Å². The van der Waals surface area contributed by atoms with Crippen LogP contribution in [0, 0.1) is 5.92 Å². The molecule has 0 amide bonds. The molecule has 0 aromatic rings. The van der Waals surface area contributed by atoms with E-state index >= 15 is 0 Å². The zero-order valence-corrected chi connectivity index (χ0v) is 11.7. The molecule has 3 nitrogen and oxygen atoms in total. The predicted molar refractivity (Wildman–Crippen MR) is 70.5 cm³/mol. The van der Waals surface area contributed by atoms with Crippen LogP contribution < -0.4 is 5.73 Å². The number of nitrogens with two attached hydrogens (primary N) is 1. The summed E-state index contributed by atoms with van der Waals surface area (Å²) in [5, 5.41) is 9.25. The Bertz CT molecular complexity index is 177. The van der Waals surface area contributed by atoms with Gasteiger partial charge >= 0.3 is 0 Å². The first kappa shape index (κ1) is 15.9. The molecule has 0 aliphatic heterocycles. The summed E-state index contributed by atoms with van der Waals surface area (Å²) < 4.78 is 0. The molecule has 0 bridgehead atoms. The number of aliphatic hydroxyl groups is 1. The third kappa shape index (κ3) is 5.83. The molecule has 0 aromatic heterocycles. The van der Waals surface area contributed by atoms with Crippen molar-refractivity contribution >= 4 is 0 Å². The smallest absolute Gasteiger partial charge is 0.0621 e. The quantitative estimate of drug-likeness (QED) is 0.669. The minimum atomic E-state index is -0.489. The summed E-state index contributed by atoms with van der Waals surface area (Å²) in [6.07, 6.45) is 2.29. The monoisotopic (exact) mass is 230 g/mol. The van der Waals surface area contributed by atoms with Gasteiger partial charge in [-0.05, 0) is 25.7 Å². The van der Waals surface area contributed by atoms with Gasteiger partial charge in [-0.25, -0.2) is 0 Å². The highest BCUT2D eigenvalue weighted by molar-refractivity contribution is 4.84. The molecule has 98 valence electrons. The Morgan fingerprint density at radius 2 is 1.75 bits per heavy atom. The summed E-state index contributed by atoms with van der Waals surface area (Å²) in [7, 11) is 0. The fourth-order valence-electron chi connectivity index (χ4n) is 2.13. The first-order chi connectivity index (χ1) is 7.36. The Kier molecular flexibility index (Phi) is 7.20. The van der Waals surface area contributed by atoms with Gasteiger partial charge in [0.25, 0.3) is 0 Å². The summed E-state index contributed by atoms with van der Waals surface area (Å²) in [6.45, 7) is 12.7. The van der Waals surface area contributed by atoms with E-state index in [1.54, 1.807) is 0 Å². The summed E-state index contributed by atoms with van der Waals surface area (Å²) >= 11 is 0. The zero-order valence-electron chi connectivity index (χ0n) is 11.7. The number of hydrogen-bond donors (Lipinski definition) is 2. The molecule has 0 radical (unpaired) electrons. The van der Waals surface area contributed by atoms with Crippen LogP contribution in [0.2, 0.25) is 0 Å². The second-order valence-corrected chi connectivity index (χ2v) is 5.61. The molecule has 0 rings (SSSR count). The van der Waals surface area contributed by atoms with Crippen molar-refractivity contribution in [3.05, 3.63) is 0 Å². The lowest BCUT2D eigenvalue weighted by atomic mass is 10.0. The molecule has 0 aliphatic rings. The highest BCUT2D eigenvalue weighted by Crippen LogP contribution is 2.14. The van der Waals surface area contributed by atoms with E-state index in [0.717, 1.165) is 25.9 Å². The number of hydrogen-bond acceptors (Lipinski definition) is 3. The third-order valence-electron chi connectivity index (χ3n) is 2.98. The summed E-state index contributed by atoms with van der Waals surface area (Å²) in [4.78, 5) is 2.43. The van der Waals surface area contributed by atoms with Crippen molar-refractivity contribution in [3.63, 3.8) is 0 Å². The molecular formula is C13H30N2O. The fourth-order valence-corrected chi connectivity index (χ4v) is 2.13. The van der Waals surface area contributed by atoms with E-state index in [0.29, 0.717) is 12.0 Å². The van der Waals surface area contributed by atoms with E-state index in [9.17, 15) is 5.11 Å². The number of nitrogens with zero attached hydrogens (tertiary/aromatic N) is 1. The van der Waals surface area contributed by atoms with Crippen molar-refractivity contribution in [3.8, 4) is 0 Å². The molecule has 0 saturated carbocycles. The number of rotatable bonds is 8. The SMILES string of the molecule is CCC(CC)N(CC(C)C)CC(C)(N)CO. The number of aliphatic hydroxyl groups excluding tert-OH is 1. The Morgan fingerprint density at radius 3 is 2.06 bits per heavy atom. The van der Waals surface area contributed by atoms with Crippen molar-refractivity contribution in [2.24, 2.45) is 11.7 Å². The van der Waals surface area contributed by atoms with Crippen LogP contribution in [0.1, 0.15) is 47.5 Å². The van der Waals surface area contributed by atoms with E-state index in [-0.39, 0.29) is 6.61 Å². The van der Waals surface area contributed by atoms with Gasteiger partial charge in [-0.3, -0.25) is 4.90 Å². The molecule has 0 heterocycles. The maximum Gasteiger partial charge on any atom is 0.0621 e. The molecule has 0 spiro atoms. The van der Waals surface area contributed by atoms with E-state index < -0.39 is 5.54 Å². The highest BCUT2D eigenvalue weighted by Gasteiger charge is 2.25. The topological polar surface area (TPSA) is 49.5 Å². The summed E-state index contributed by atoms with van der Waals surface area (Å²) in [6, 6.07) is 0.580. The normalized spacial score (nSPS) is 16.1. The second-order valence-electron chi connectivity index (χ2n) is 5.61. The van der Waals surface area contributed by atoms with Crippen molar-refractivity contribution < 1.29 is 5.11 Å². The lowest BCUT2D eigenvalue weighted by Crippen LogP contribution is -2.53. The Balaban J connectivity index is 4.53. The molecule has 0 saturated heterocycles. The predicted octanol–water partition coefficient (Wildman–Crippen LogP) is 1.84. The zero-order chi connectivity index (χ0) is 12.8. The van der Waals surface area contributed by atoms with Crippen LogP contribution in [-0.2, 0) is 0 Å². The van der Waals surface area contributed by atoms with Gasteiger partial charge in [0, 0.05) is 24.7 Å². The van der Waals surface area contributed by atoms with Crippen LogP contribution in [0.25, 0.3) is 0 Å². The van der Waals surface area contributed by atoms with E-state index in [1.807, 2.05) is 6.92 Å². The molecule has 1 atom stereocenters. The highest BCUT2D eigenvalue weighted by atomic mass is 16.3. The maximum atomic E-state index is 9.25. The van der Waals surface area contributed by atoms with Crippen molar-refractivity contribution in [2.75, 3.05) is 19.7 Å². The van der Waals surface area contributed by atoms with Crippen LogP contribution in [0.3, 0.4) is 0 Å². The van der Waals surface area contributed by atoms with Crippen molar-refractivity contribution in [1.29, 1.82) is 0 Å². The first-order valence-corrected chi connectivity index (χ1v) is 6.50. The minimum Gasteiger partial charge on any atom is -0.394 e. The van der Waals surface area contributed by atoms with Gasteiger partial charge in [0.05, 0.1) is 6.61 Å². The van der Waals surface area contributed by atoms with Gasteiger partial charge in [-0.1, -0.05) is 27.7 Å². The molecular weight excluding hydrogens is 200 g/mol. The summed E-state index contributed by atoms with van der Waals surface area (Å²) in [5.74, 6) is 0.634. The van der Waals surface area contributed by atoms with Gasteiger partial charge in [0.1, 0.15) is 0 Å². The molecule has 3 heteroatoms. The molecule has 16 heavy (non-hydrogen) atoms. The fraction of sp³-hybridized carbons (Fsp3) is 1.00. The molecule has 1 unspecified atom stereocenters. The molecule has 3 N–H and O–H groups in total. The molecule has 0 fully saturated rings. The molecule has 0 aromatic carbocycles. The van der Waals surface area contributed by atoms with Crippen LogP contribution in [0.5, 0.6) is 0 Å². The Morgan fingerprint density at radius 1 is 1.25 bits per heavy atom. The van der Waals surface area contributed by atoms with Gasteiger partial charge < -0.3 is 10.8 Å². The van der Waals surface area contributed by atoms with Gasteiger partial charge in [0.15, 0.2) is 0 Å². The first-order valence-electron chi connectivity index (χ1n) is 6.50. The van der Waals surface area contributed by atoms with E-state index in [2.05, 4.69) is 32.6 Å². The van der Waals surface area contributed by atoms with E-state index in [4.69, 9.17) is 5.73 Å². The van der Waals surface area contributed by atoms with E-state index in [1.165, 1.54) is 0 Å². The average molecular weight is 230 g/mol. The lowest BCUT2D eigenvalue weighted by Gasteiger charge is -2.37. The Labute approximate surface area is 101 Å². The van der Waals surface area contributed by atoms with Crippen molar-refractivity contribution in [2.45, 2.75) is 59.0 Å². The second kappa shape index (κ2) is 7.25. The minimum absolute atomic E-state index is 0.0434. The largest absolute Gasteiger partial charge is 0.394 e. The average Bonchev–Trinajstić information content (AvgIpc) is 2.18. The van der Waals surface area contributed by atoms with Gasteiger partial charge in [-0.2, -0.15) is 0 Å². The van der Waals surface area contributed by atoms with Crippen LogP contribution in [0.15, 0.2) is 0 Å². The molecule has 0 aliphatic carbocycles. The van der Waals surface area contributed by atoms with Crippen molar-refractivity contribution in [1.82, 2.24) is 4.90 Å². The third-order valence-corrected chi connectivity index (χ3v) is 2.98. The summed E-state index contributed by atoms with van der Waals surface area (Å²) in [5.41, 5.74) is 5.56. The Hall–Kier alpha value is -0.120. The maximum absolute atomic E-state index is 9.25. The van der Waals surface area contributed by atoms with Gasteiger partial charge in [-0.15, -0.1) is 0 Å². The van der Waals surface area contributed by atoms with Crippen LogP contribution in [-0.4, -0.2) is 41.3 Å². The van der Waals surface area contributed by atoms with Gasteiger partial charge in [0.2, 0.25) is 0 Å². The lowest BCUT2D eigenvalue weighted by molar-refractivity contribution is 0.102.